The number of hydrogen-bond acceptors (Lipinski definition) is 15. The van der Waals surface area contributed by atoms with Gasteiger partial charge in [0.15, 0.2) is 16.9 Å². The van der Waals surface area contributed by atoms with Crippen LogP contribution in [0.3, 0.4) is 0 Å². The number of hydrogen-bond donors (Lipinski definition) is 6. The number of nitrogen functional groups attached to an aromatic ring is 2. The SMILES string of the molecule is C.C.C.C.CC(C)(O)C1CCC(N)CC1.CC(C)(O)C1CCC(Nc2cc(N)n3ncc(-c4cccc(OC(F)(F)F)c4)c3n2)CC1.FC(F)(F)Oc1cccc(-c2cnn3c(Cl)cc(Cl)nc23)c1.Nc1cc(Cl)nc2c(-c3cccc(OC(F)(F)F)c3)cnn12. The molecule has 18 nitrogen and oxygen atoms in total. The Labute approximate surface area is 535 Å². The zero-order valence-electron chi connectivity index (χ0n) is 46.8. The number of benzene rings is 3. The van der Waals surface area contributed by atoms with E-state index in [0.717, 1.165) is 51.4 Å². The average Bonchev–Trinajstić information content (AvgIpc) is 1.71. The summed E-state index contributed by atoms with van der Waals surface area (Å²) in [6.45, 7) is 7.48. The first-order valence-electron chi connectivity index (χ1n) is 26.9. The fourth-order valence-corrected chi connectivity index (χ4v) is 10.7. The second-order valence-corrected chi connectivity index (χ2v) is 22.9. The Morgan fingerprint density at radius 3 is 1.21 bits per heavy atom. The van der Waals surface area contributed by atoms with E-state index in [-0.39, 0.29) is 80.2 Å². The summed E-state index contributed by atoms with van der Waals surface area (Å²) in [6.07, 6.45) is -1.96. The van der Waals surface area contributed by atoms with Crippen molar-refractivity contribution in [2.45, 2.75) is 151 Å². The molecule has 3 aromatic carbocycles. The van der Waals surface area contributed by atoms with Gasteiger partial charge in [-0.15, -0.1) is 39.5 Å². The number of nitrogens with two attached hydrogens (primary N) is 3. The first-order chi connectivity index (χ1) is 40.7. The minimum atomic E-state index is -4.77. The topological polar surface area (TPSA) is 249 Å². The van der Waals surface area contributed by atoms with Gasteiger partial charge in [0.05, 0.1) is 29.8 Å². The Morgan fingerprint density at radius 1 is 0.484 bits per heavy atom. The lowest BCUT2D eigenvalue weighted by molar-refractivity contribution is -0.275. The van der Waals surface area contributed by atoms with Crippen LogP contribution in [0.2, 0.25) is 15.5 Å². The van der Waals surface area contributed by atoms with Crippen molar-refractivity contribution < 1.29 is 63.9 Å². The van der Waals surface area contributed by atoms with Crippen LogP contribution in [0.25, 0.3) is 50.3 Å². The highest BCUT2D eigenvalue weighted by molar-refractivity contribution is 6.33. The Hall–Kier alpha value is -7.56. The van der Waals surface area contributed by atoms with Gasteiger partial charge in [0.25, 0.3) is 0 Å². The molecule has 91 heavy (non-hydrogen) atoms. The van der Waals surface area contributed by atoms with Gasteiger partial charge in [0.1, 0.15) is 50.2 Å². The van der Waals surface area contributed by atoms with Crippen LogP contribution in [0, 0.1) is 11.8 Å². The van der Waals surface area contributed by atoms with E-state index in [1.807, 2.05) is 27.7 Å². The van der Waals surface area contributed by atoms with E-state index in [4.69, 9.17) is 52.0 Å². The second kappa shape index (κ2) is 30.7. The van der Waals surface area contributed by atoms with E-state index >= 15 is 0 Å². The van der Waals surface area contributed by atoms with Crippen molar-refractivity contribution >= 4 is 69.2 Å². The summed E-state index contributed by atoms with van der Waals surface area (Å²) in [5, 5.41) is 36.2. The van der Waals surface area contributed by atoms with Crippen molar-refractivity contribution in [3.63, 3.8) is 0 Å². The van der Waals surface area contributed by atoms with Crippen LogP contribution in [0.4, 0.5) is 57.0 Å². The predicted octanol–water partition coefficient (Wildman–Crippen LogP) is 16.6. The molecule has 498 valence electrons. The lowest BCUT2D eigenvalue weighted by Gasteiger charge is -2.36. The zero-order chi connectivity index (χ0) is 63.4. The fourth-order valence-electron chi connectivity index (χ4n) is 10.1. The molecule has 0 radical (unpaired) electrons. The molecule has 0 bridgehead atoms. The smallest absolute Gasteiger partial charge is 0.406 e. The van der Waals surface area contributed by atoms with E-state index in [1.54, 1.807) is 24.3 Å². The maximum atomic E-state index is 12.6. The number of aliphatic hydroxyl groups is 2. The van der Waals surface area contributed by atoms with Crippen LogP contribution in [0.1, 0.15) is 109 Å². The molecule has 2 fully saturated rings. The third-order valence-electron chi connectivity index (χ3n) is 14.3. The Balaban J connectivity index is 0.000000268. The first-order valence-corrected chi connectivity index (χ1v) is 28.0. The standard InChI is InChI=1S/C22H26F3N5O2.C13H6Cl2F3N3O.C13H8ClF3N4O.C9H19NO.4CH4/c1-21(2,31)14-6-8-15(9-7-14)28-19-11-18(26)30-20(29-19)17(12-27-30)13-4-3-5-16(10-13)32-22(23,24)25;14-10-5-11(15)21-12(20-10)9(6-19-21)7-2-1-3-8(4-7)22-13(16,17)18;14-10-5-11(18)21-12(20-10)9(6-19-21)7-2-1-3-8(4-7)22-13(15,16)17;1-9(2,11)7-3-5-8(10)6-4-7;;;;/h3-5,10-12,14-15,31H,6-9,26H2,1-2H3,(H,28,29);1-6H;1-6H,18H2;7-8,11H,3-6,10H2,1-2H3;4*1H4. The lowest BCUT2D eigenvalue weighted by atomic mass is 9.77. The summed E-state index contributed by atoms with van der Waals surface area (Å²) >= 11 is 17.7. The molecule has 9 aromatic rings. The van der Waals surface area contributed by atoms with Gasteiger partial charge in [-0.2, -0.15) is 24.3 Å². The van der Waals surface area contributed by atoms with E-state index < -0.39 is 30.3 Å². The summed E-state index contributed by atoms with van der Waals surface area (Å²) in [5.74, 6) is 0.930. The summed E-state index contributed by atoms with van der Waals surface area (Å²) in [7, 11) is 0. The van der Waals surface area contributed by atoms with Gasteiger partial charge in [-0.05, 0) is 144 Å². The van der Waals surface area contributed by atoms with E-state index in [9.17, 15) is 49.7 Å². The van der Waals surface area contributed by atoms with Gasteiger partial charge >= 0.3 is 19.1 Å². The molecule has 2 aliphatic carbocycles. The van der Waals surface area contributed by atoms with Gasteiger partial charge in [0.2, 0.25) is 0 Å². The molecule has 6 heterocycles. The number of fused-ring (bicyclic) bond motifs is 3. The Bertz CT molecular complexity index is 3680. The Kier molecular flexibility index (Phi) is 25.6. The quantitative estimate of drug-likeness (QED) is 0.0550. The highest BCUT2D eigenvalue weighted by Crippen LogP contribution is 2.38. The monoisotopic (exact) mass is 1350 g/mol. The summed E-state index contributed by atoms with van der Waals surface area (Å²) < 4.78 is 127. The summed E-state index contributed by atoms with van der Waals surface area (Å²) in [5.41, 5.74) is 20.5. The lowest BCUT2D eigenvalue weighted by Crippen LogP contribution is -2.37. The van der Waals surface area contributed by atoms with Crippen LogP contribution in [-0.4, -0.2) is 96.4 Å². The average molecular weight is 1350 g/mol. The zero-order valence-corrected chi connectivity index (χ0v) is 49.0. The molecule has 2 aliphatic rings. The maximum absolute atomic E-state index is 12.6. The minimum absolute atomic E-state index is 0. The number of nitrogens with one attached hydrogen (secondary N) is 1. The van der Waals surface area contributed by atoms with Gasteiger partial charge in [-0.25, -0.2) is 19.5 Å². The number of ether oxygens (including phenoxy) is 3. The van der Waals surface area contributed by atoms with Gasteiger partial charge in [-0.1, -0.05) is 101 Å². The van der Waals surface area contributed by atoms with Gasteiger partial charge in [0, 0.05) is 47.0 Å². The number of alkyl halides is 9. The normalized spacial score (nSPS) is 16.8. The number of rotatable bonds is 10. The first kappa shape index (κ1) is 75.9. The highest BCUT2D eigenvalue weighted by Gasteiger charge is 2.35. The maximum Gasteiger partial charge on any atom is 0.573 e. The number of nitrogens with zero attached hydrogens (tertiary/aromatic N) is 9. The molecular formula is C61H75Cl3F9N13O5. The third kappa shape index (κ3) is 20.7. The van der Waals surface area contributed by atoms with Gasteiger partial charge < -0.3 is 46.9 Å². The summed E-state index contributed by atoms with van der Waals surface area (Å²) in [6, 6.07) is 21.8. The highest BCUT2D eigenvalue weighted by atomic mass is 35.5. The summed E-state index contributed by atoms with van der Waals surface area (Å²) in [4.78, 5) is 12.8. The van der Waals surface area contributed by atoms with Crippen molar-refractivity contribution in [3.8, 4) is 50.6 Å². The molecule has 0 atom stereocenters. The second-order valence-electron chi connectivity index (χ2n) is 21.7. The van der Waals surface area contributed by atoms with Crippen molar-refractivity contribution in [3.05, 3.63) is 125 Å². The van der Waals surface area contributed by atoms with Crippen LogP contribution >= 0.6 is 34.8 Å². The molecule has 11 rings (SSSR count). The predicted molar refractivity (Wildman–Crippen MR) is 338 cm³/mol. The fraction of sp³-hybridized carbons (Fsp3) is 0.410. The van der Waals surface area contributed by atoms with Crippen LogP contribution in [0.5, 0.6) is 17.2 Å². The molecular weight excluding hydrogens is 1270 g/mol. The minimum Gasteiger partial charge on any atom is -0.406 e. The molecule has 30 heteroatoms. The molecule has 0 aliphatic heterocycles. The van der Waals surface area contributed by atoms with E-state index in [0.29, 0.717) is 73.9 Å². The van der Waals surface area contributed by atoms with Crippen LogP contribution in [-0.2, 0) is 0 Å². The van der Waals surface area contributed by atoms with Crippen LogP contribution < -0.4 is 36.7 Å². The largest absolute Gasteiger partial charge is 0.573 e. The van der Waals surface area contributed by atoms with Gasteiger partial charge in [-0.3, -0.25) is 0 Å². The molecule has 0 saturated heterocycles. The molecule has 6 aromatic heterocycles. The van der Waals surface area contributed by atoms with Crippen molar-refractivity contribution in [2.75, 3.05) is 16.8 Å². The van der Waals surface area contributed by atoms with E-state index in [1.165, 1.54) is 98.9 Å². The van der Waals surface area contributed by atoms with Crippen molar-refractivity contribution in [1.82, 2.24) is 43.8 Å². The van der Waals surface area contributed by atoms with Crippen LogP contribution in [0.15, 0.2) is 110 Å². The molecule has 0 amide bonds. The van der Waals surface area contributed by atoms with Crippen molar-refractivity contribution in [2.24, 2.45) is 17.6 Å². The molecule has 2 saturated carbocycles. The molecule has 0 spiro atoms. The molecule has 9 N–H and O–H groups in total. The van der Waals surface area contributed by atoms with Crippen molar-refractivity contribution in [1.29, 1.82) is 0 Å². The number of aromatic nitrogens is 9. The number of halogens is 12. The molecule has 0 unspecified atom stereocenters. The van der Waals surface area contributed by atoms with E-state index in [2.05, 4.69) is 49.8 Å². The number of anilines is 3. The third-order valence-corrected chi connectivity index (χ3v) is 15.0. The Morgan fingerprint density at radius 2 is 0.824 bits per heavy atom.